The third-order valence-corrected chi connectivity index (χ3v) is 2.51. The Morgan fingerprint density at radius 2 is 2.06 bits per heavy atom. The summed E-state index contributed by atoms with van der Waals surface area (Å²) in [5, 5.41) is 9.16. The molecule has 0 spiro atoms. The third kappa shape index (κ3) is 3.94. The molecule has 1 aliphatic carbocycles. The van der Waals surface area contributed by atoms with Gasteiger partial charge in [0.05, 0.1) is 30.3 Å². The van der Waals surface area contributed by atoms with Crippen molar-refractivity contribution in [1.82, 2.24) is 10.3 Å². The van der Waals surface area contributed by atoms with E-state index in [9.17, 15) is 4.79 Å². The normalized spacial score (nSPS) is 14.2. The molecule has 1 saturated carbocycles. The molecule has 1 fully saturated rings. The average Bonchev–Trinajstić information content (AvgIpc) is 3.11. The third-order valence-electron chi connectivity index (χ3n) is 2.51. The fraction of sp³-hybridized carbons (Fsp3) is 0.500. The van der Waals surface area contributed by atoms with E-state index in [1.807, 2.05) is 13.0 Å². The number of rotatable bonds is 6. The van der Waals surface area contributed by atoms with Gasteiger partial charge >= 0.3 is 0 Å². The Morgan fingerprint density at radius 3 is 2.71 bits per heavy atom. The Kier molecular flexibility index (Phi) is 3.80. The molecule has 0 bridgehead atoms. The number of hydrogen-bond acceptors (Lipinski definition) is 4. The molecule has 1 amide bonds. The van der Waals surface area contributed by atoms with Crippen LogP contribution < -0.4 is 16.0 Å². The fourth-order valence-corrected chi connectivity index (χ4v) is 1.53. The number of aromatic nitrogens is 1. The highest BCUT2D eigenvalue weighted by Crippen LogP contribution is 2.18. The number of carbonyl (C=O) groups is 1. The lowest BCUT2D eigenvalue weighted by atomic mass is 10.3. The van der Waals surface area contributed by atoms with Crippen LogP contribution in [0.2, 0.25) is 0 Å². The zero-order chi connectivity index (χ0) is 12.1. The van der Waals surface area contributed by atoms with E-state index >= 15 is 0 Å². The maximum absolute atomic E-state index is 11.5. The van der Waals surface area contributed by atoms with Crippen LogP contribution in [0.5, 0.6) is 0 Å². The lowest BCUT2D eigenvalue weighted by Crippen LogP contribution is -2.31. The summed E-state index contributed by atoms with van der Waals surface area (Å²) in [7, 11) is 0. The second-order valence-corrected chi connectivity index (χ2v) is 4.19. The van der Waals surface area contributed by atoms with Crippen LogP contribution in [0.15, 0.2) is 18.5 Å². The molecule has 0 unspecified atom stereocenters. The number of anilines is 2. The largest absolute Gasteiger partial charge is 0.384 e. The Hall–Kier alpha value is -1.78. The van der Waals surface area contributed by atoms with E-state index in [-0.39, 0.29) is 5.91 Å². The fourth-order valence-electron chi connectivity index (χ4n) is 1.53. The number of amides is 1. The molecule has 5 heteroatoms. The summed E-state index contributed by atoms with van der Waals surface area (Å²) < 4.78 is 0. The van der Waals surface area contributed by atoms with Gasteiger partial charge in [0, 0.05) is 12.6 Å². The van der Waals surface area contributed by atoms with Crippen LogP contribution in [0.25, 0.3) is 0 Å². The van der Waals surface area contributed by atoms with E-state index < -0.39 is 0 Å². The van der Waals surface area contributed by atoms with Gasteiger partial charge in [-0.25, -0.2) is 0 Å². The van der Waals surface area contributed by atoms with E-state index in [1.165, 1.54) is 0 Å². The van der Waals surface area contributed by atoms with Gasteiger partial charge in [-0.2, -0.15) is 0 Å². The average molecular weight is 234 g/mol. The summed E-state index contributed by atoms with van der Waals surface area (Å²) in [5.74, 6) is 0.0429. The van der Waals surface area contributed by atoms with E-state index in [2.05, 4.69) is 20.9 Å². The minimum atomic E-state index is 0.0429. The highest BCUT2D eigenvalue weighted by molar-refractivity contribution is 5.81. The van der Waals surface area contributed by atoms with Crippen LogP contribution in [-0.2, 0) is 4.79 Å². The van der Waals surface area contributed by atoms with E-state index in [0.717, 1.165) is 30.8 Å². The molecule has 1 aromatic rings. The number of hydrogen-bond donors (Lipinski definition) is 3. The van der Waals surface area contributed by atoms with Crippen molar-refractivity contribution in [2.75, 3.05) is 23.7 Å². The molecule has 1 heterocycles. The number of nitrogens with one attached hydrogen (secondary N) is 3. The Bertz CT molecular complexity index is 390. The topological polar surface area (TPSA) is 66.0 Å². The molecule has 0 radical (unpaired) electrons. The van der Waals surface area contributed by atoms with Gasteiger partial charge in [0.1, 0.15) is 0 Å². The molecule has 0 aromatic carbocycles. The summed E-state index contributed by atoms with van der Waals surface area (Å²) in [6, 6.07) is 2.36. The summed E-state index contributed by atoms with van der Waals surface area (Å²) in [5.41, 5.74) is 1.81. The minimum Gasteiger partial charge on any atom is -0.384 e. The summed E-state index contributed by atoms with van der Waals surface area (Å²) in [6.45, 7) is 3.18. The standard InChI is InChI=1S/C12H18N4O/c1-2-14-10-5-11(7-13-6-10)15-8-12(17)16-9-3-4-9/h5-7,9,14-15H,2-4,8H2,1H3,(H,16,17). The predicted octanol–water partition coefficient (Wildman–Crippen LogP) is 1.20. The van der Waals surface area contributed by atoms with Crippen molar-refractivity contribution in [2.24, 2.45) is 0 Å². The second kappa shape index (κ2) is 5.52. The number of pyridine rings is 1. The van der Waals surface area contributed by atoms with Gasteiger partial charge in [-0.3, -0.25) is 9.78 Å². The molecule has 1 aromatic heterocycles. The predicted molar refractivity (Wildman–Crippen MR) is 68.1 cm³/mol. The van der Waals surface area contributed by atoms with Gasteiger partial charge in [-0.15, -0.1) is 0 Å². The van der Waals surface area contributed by atoms with Crippen molar-refractivity contribution in [1.29, 1.82) is 0 Å². The molecule has 3 N–H and O–H groups in total. The van der Waals surface area contributed by atoms with Crippen molar-refractivity contribution in [3.63, 3.8) is 0 Å². The number of nitrogens with zero attached hydrogens (tertiary/aromatic N) is 1. The molecule has 1 aliphatic rings. The van der Waals surface area contributed by atoms with Crippen LogP contribution in [-0.4, -0.2) is 30.0 Å². The lowest BCUT2D eigenvalue weighted by Gasteiger charge is -2.08. The van der Waals surface area contributed by atoms with E-state index in [0.29, 0.717) is 12.6 Å². The van der Waals surface area contributed by atoms with Crippen LogP contribution in [0.4, 0.5) is 11.4 Å². The van der Waals surface area contributed by atoms with Gasteiger partial charge < -0.3 is 16.0 Å². The molecule has 0 aliphatic heterocycles. The first kappa shape index (κ1) is 11.7. The smallest absolute Gasteiger partial charge is 0.239 e. The first-order valence-electron chi connectivity index (χ1n) is 6.00. The first-order valence-corrected chi connectivity index (χ1v) is 6.00. The highest BCUT2D eigenvalue weighted by Gasteiger charge is 2.22. The van der Waals surface area contributed by atoms with Gasteiger partial charge in [-0.1, -0.05) is 0 Å². The van der Waals surface area contributed by atoms with E-state index in [4.69, 9.17) is 0 Å². The molecular formula is C12H18N4O. The van der Waals surface area contributed by atoms with Crippen molar-refractivity contribution in [3.05, 3.63) is 18.5 Å². The number of carbonyl (C=O) groups excluding carboxylic acids is 1. The maximum Gasteiger partial charge on any atom is 0.239 e. The van der Waals surface area contributed by atoms with Crippen LogP contribution in [0, 0.1) is 0 Å². The zero-order valence-corrected chi connectivity index (χ0v) is 9.99. The zero-order valence-electron chi connectivity index (χ0n) is 9.99. The van der Waals surface area contributed by atoms with Gasteiger partial charge in [-0.05, 0) is 25.8 Å². The van der Waals surface area contributed by atoms with Crippen molar-refractivity contribution in [3.8, 4) is 0 Å². The van der Waals surface area contributed by atoms with Crippen molar-refractivity contribution < 1.29 is 4.79 Å². The summed E-state index contributed by atoms with van der Waals surface area (Å²) >= 11 is 0. The maximum atomic E-state index is 11.5. The molecule has 0 saturated heterocycles. The van der Waals surface area contributed by atoms with Gasteiger partial charge in [0.15, 0.2) is 0 Å². The Labute approximate surface area is 101 Å². The van der Waals surface area contributed by atoms with Gasteiger partial charge in [0.2, 0.25) is 5.91 Å². The van der Waals surface area contributed by atoms with Crippen LogP contribution in [0.3, 0.4) is 0 Å². The highest BCUT2D eigenvalue weighted by atomic mass is 16.2. The Balaban J connectivity index is 1.80. The monoisotopic (exact) mass is 234 g/mol. The minimum absolute atomic E-state index is 0.0429. The molecule has 2 rings (SSSR count). The molecular weight excluding hydrogens is 216 g/mol. The summed E-state index contributed by atoms with van der Waals surface area (Å²) in [4.78, 5) is 15.6. The quantitative estimate of drug-likeness (QED) is 0.692. The summed E-state index contributed by atoms with van der Waals surface area (Å²) in [6.07, 6.45) is 5.70. The lowest BCUT2D eigenvalue weighted by molar-refractivity contribution is -0.119. The molecule has 5 nitrogen and oxygen atoms in total. The molecule has 92 valence electrons. The second-order valence-electron chi connectivity index (χ2n) is 4.19. The Morgan fingerprint density at radius 1 is 1.35 bits per heavy atom. The first-order chi connectivity index (χ1) is 8.28. The molecule has 0 atom stereocenters. The molecule has 17 heavy (non-hydrogen) atoms. The van der Waals surface area contributed by atoms with Crippen molar-refractivity contribution in [2.45, 2.75) is 25.8 Å². The van der Waals surface area contributed by atoms with Crippen LogP contribution in [0.1, 0.15) is 19.8 Å². The van der Waals surface area contributed by atoms with E-state index in [1.54, 1.807) is 12.4 Å². The van der Waals surface area contributed by atoms with Crippen molar-refractivity contribution >= 4 is 17.3 Å². The van der Waals surface area contributed by atoms with Gasteiger partial charge in [0.25, 0.3) is 0 Å². The SMILES string of the molecule is CCNc1cncc(NCC(=O)NC2CC2)c1. The van der Waals surface area contributed by atoms with Crippen LogP contribution >= 0.6 is 0 Å².